The van der Waals surface area contributed by atoms with Crippen LogP contribution in [-0.2, 0) is 14.6 Å². The van der Waals surface area contributed by atoms with Crippen LogP contribution < -0.4 is 4.74 Å². The fourth-order valence-electron chi connectivity index (χ4n) is 1.39. The molecule has 0 aliphatic carbocycles. The molecule has 0 radical (unpaired) electrons. The highest BCUT2D eigenvalue weighted by Gasteiger charge is 2.16. The lowest BCUT2D eigenvalue weighted by Crippen LogP contribution is -2.13. The van der Waals surface area contributed by atoms with Gasteiger partial charge >= 0.3 is 0 Å². The number of benzene rings is 1. The molecule has 0 spiro atoms. The lowest BCUT2D eigenvalue weighted by atomic mass is 10.3. The Morgan fingerprint density at radius 3 is 2.28 bits per heavy atom. The average Bonchev–Trinajstić information content (AvgIpc) is 2.28. The molecule has 0 bridgehead atoms. The number of sulfone groups is 1. The van der Waals surface area contributed by atoms with Gasteiger partial charge in [-0.1, -0.05) is 6.92 Å². The van der Waals surface area contributed by atoms with Gasteiger partial charge in [0.2, 0.25) is 0 Å². The molecule has 0 fully saturated rings. The molecule has 0 amide bonds. The van der Waals surface area contributed by atoms with Crippen molar-refractivity contribution in [2.75, 3.05) is 5.75 Å². The summed E-state index contributed by atoms with van der Waals surface area (Å²) in [5.41, 5.74) is 0. The fourth-order valence-corrected chi connectivity index (χ4v) is 2.64. The zero-order chi connectivity index (χ0) is 13.8. The first-order chi connectivity index (χ1) is 8.35. The summed E-state index contributed by atoms with van der Waals surface area (Å²) in [5, 5.41) is 0. The van der Waals surface area contributed by atoms with Crippen LogP contribution in [0.4, 0.5) is 0 Å². The average molecular weight is 270 g/mol. The highest BCUT2D eigenvalue weighted by molar-refractivity contribution is 7.92. The third kappa shape index (κ3) is 4.14. The van der Waals surface area contributed by atoms with E-state index < -0.39 is 15.6 Å². The van der Waals surface area contributed by atoms with E-state index in [1.54, 1.807) is 12.1 Å². The summed E-state index contributed by atoms with van der Waals surface area (Å²) < 4.78 is 29.1. The minimum absolute atomic E-state index is 0.0877. The number of Topliss-reactive ketones (excluding diaryl/α,β-unsaturated/α-hetero) is 1. The third-order valence-corrected chi connectivity index (χ3v) is 4.27. The van der Waals surface area contributed by atoms with Gasteiger partial charge in [-0.2, -0.15) is 0 Å². The summed E-state index contributed by atoms with van der Waals surface area (Å²) in [4.78, 5) is 11.0. The highest BCUT2D eigenvalue weighted by Crippen LogP contribution is 2.18. The van der Waals surface area contributed by atoms with Crippen LogP contribution in [0.1, 0.15) is 27.2 Å². The quantitative estimate of drug-likeness (QED) is 0.795. The molecule has 0 N–H and O–H groups in total. The topological polar surface area (TPSA) is 60.4 Å². The van der Waals surface area contributed by atoms with E-state index in [0.29, 0.717) is 5.75 Å². The summed E-state index contributed by atoms with van der Waals surface area (Å²) in [6, 6.07) is 6.16. The summed E-state index contributed by atoms with van der Waals surface area (Å²) in [7, 11) is -3.52. The van der Waals surface area contributed by atoms with E-state index in [1.807, 2.05) is 13.8 Å². The molecule has 1 atom stereocenters. The molecule has 1 aromatic carbocycles. The second-order valence-corrected chi connectivity index (χ2v) is 6.26. The second kappa shape index (κ2) is 6.00. The van der Waals surface area contributed by atoms with E-state index in [9.17, 15) is 13.2 Å². The van der Waals surface area contributed by atoms with E-state index in [2.05, 4.69) is 0 Å². The largest absolute Gasteiger partial charge is 0.491 e. The van der Waals surface area contributed by atoms with Crippen LogP contribution in [0.3, 0.4) is 0 Å². The van der Waals surface area contributed by atoms with Crippen molar-refractivity contribution in [2.24, 2.45) is 0 Å². The number of ether oxygens (including phenoxy) is 1. The Balaban J connectivity index is 2.86. The maximum atomic E-state index is 11.8. The van der Waals surface area contributed by atoms with Crippen LogP contribution in [0.5, 0.6) is 5.75 Å². The predicted molar refractivity (Wildman–Crippen MR) is 69.6 cm³/mol. The number of rotatable bonds is 6. The first-order valence-corrected chi connectivity index (χ1v) is 7.49. The molecule has 0 aliphatic heterocycles. The summed E-state index contributed by atoms with van der Waals surface area (Å²) in [6.07, 6.45) is 0.967. The zero-order valence-electron chi connectivity index (χ0n) is 10.8. The SMILES string of the molecule is CCC(C)Oc1ccc(S(=O)(=O)CC(C)=O)cc1. The second-order valence-electron chi connectivity index (χ2n) is 4.27. The third-order valence-electron chi connectivity index (χ3n) is 2.49. The molecule has 100 valence electrons. The van der Waals surface area contributed by atoms with Gasteiger partial charge in [0.15, 0.2) is 9.84 Å². The van der Waals surface area contributed by atoms with Gasteiger partial charge in [0.25, 0.3) is 0 Å². The Morgan fingerprint density at radius 2 is 1.83 bits per heavy atom. The van der Waals surface area contributed by atoms with Crippen LogP contribution >= 0.6 is 0 Å². The number of carbonyl (C=O) groups is 1. The monoisotopic (exact) mass is 270 g/mol. The summed E-state index contributed by atoms with van der Waals surface area (Å²) in [6.45, 7) is 5.22. The maximum Gasteiger partial charge on any atom is 0.185 e. The van der Waals surface area contributed by atoms with Gasteiger partial charge in [-0.15, -0.1) is 0 Å². The van der Waals surface area contributed by atoms with E-state index >= 15 is 0 Å². The molecule has 5 heteroatoms. The molecule has 0 aliphatic rings. The molecule has 18 heavy (non-hydrogen) atoms. The van der Waals surface area contributed by atoms with Crippen molar-refractivity contribution in [3.05, 3.63) is 24.3 Å². The van der Waals surface area contributed by atoms with Crippen LogP contribution in [0.25, 0.3) is 0 Å². The van der Waals surface area contributed by atoms with Crippen LogP contribution in [0, 0.1) is 0 Å². The van der Waals surface area contributed by atoms with Crippen LogP contribution in [-0.4, -0.2) is 26.1 Å². The smallest absolute Gasteiger partial charge is 0.185 e. The van der Waals surface area contributed by atoms with Gasteiger partial charge < -0.3 is 4.74 Å². The molecule has 4 nitrogen and oxygen atoms in total. The number of ketones is 1. The van der Waals surface area contributed by atoms with Crippen molar-refractivity contribution in [1.82, 2.24) is 0 Å². The zero-order valence-corrected chi connectivity index (χ0v) is 11.7. The van der Waals surface area contributed by atoms with E-state index in [-0.39, 0.29) is 16.8 Å². The summed E-state index contributed by atoms with van der Waals surface area (Å²) >= 11 is 0. The lowest BCUT2D eigenvalue weighted by Gasteiger charge is -2.12. The Labute approximate surface area is 108 Å². The van der Waals surface area contributed by atoms with Gasteiger partial charge in [-0.3, -0.25) is 4.79 Å². The van der Waals surface area contributed by atoms with Gasteiger partial charge in [0, 0.05) is 0 Å². The van der Waals surface area contributed by atoms with E-state index in [0.717, 1.165) is 6.42 Å². The van der Waals surface area contributed by atoms with E-state index in [4.69, 9.17) is 4.74 Å². The standard InChI is InChI=1S/C13H18O4S/c1-4-11(3)17-12-5-7-13(8-6-12)18(15,16)9-10(2)14/h5-8,11H,4,9H2,1-3H3. The Kier molecular flexibility index (Phi) is 4.90. The van der Waals surface area contributed by atoms with Gasteiger partial charge in [-0.05, 0) is 44.5 Å². The maximum absolute atomic E-state index is 11.8. The predicted octanol–water partition coefficient (Wildman–Crippen LogP) is 2.23. The molecule has 1 aromatic rings. The van der Waals surface area contributed by atoms with Gasteiger partial charge in [0.05, 0.1) is 11.0 Å². The minimum Gasteiger partial charge on any atom is -0.491 e. The summed E-state index contributed by atoms with van der Waals surface area (Å²) in [5.74, 6) is -0.195. The molecule has 1 unspecified atom stereocenters. The first kappa shape index (κ1) is 14.7. The fraction of sp³-hybridized carbons (Fsp3) is 0.462. The van der Waals surface area contributed by atoms with Crippen molar-refractivity contribution >= 4 is 15.6 Å². The van der Waals surface area contributed by atoms with Crippen LogP contribution in [0.15, 0.2) is 29.2 Å². The molecular weight excluding hydrogens is 252 g/mol. The van der Waals surface area contributed by atoms with Crippen LogP contribution in [0.2, 0.25) is 0 Å². The first-order valence-electron chi connectivity index (χ1n) is 5.84. The van der Waals surface area contributed by atoms with Crippen molar-refractivity contribution in [3.63, 3.8) is 0 Å². The van der Waals surface area contributed by atoms with Crippen molar-refractivity contribution in [2.45, 2.75) is 38.2 Å². The number of carbonyl (C=O) groups excluding carboxylic acids is 1. The van der Waals surface area contributed by atoms with Gasteiger partial charge in [-0.25, -0.2) is 8.42 Å². The molecule has 0 heterocycles. The highest BCUT2D eigenvalue weighted by atomic mass is 32.2. The van der Waals surface area contributed by atoms with Crippen molar-refractivity contribution in [3.8, 4) is 5.75 Å². The minimum atomic E-state index is -3.52. The molecule has 0 saturated carbocycles. The Hall–Kier alpha value is -1.36. The number of hydrogen-bond donors (Lipinski definition) is 0. The molecular formula is C13H18O4S. The normalized spacial score (nSPS) is 13.1. The molecule has 0 aromatic heterocycles. The van der Waals surface area contributed by atoms with E-state index in [1.165, 1.54) is 19.1 Å². The van der Waals surface area contributed by atoms with Crippen molar-refractivity contribution in [1.29, 1.82) is 0 Å². The number of hydrogen-bond acceptors (Lipinski definition) is 4. The Morgan fingerprint density at radius 1 is 1.28 bits per heavy atom. The molecule has 0 saturated heterocycles. The molecule has 1 rings (SSSR count). The van der Waals surface area contributed by atoms with Gasteiger partial charge in [0.1, 0.15) is 17.3 Å². The lowest BCUT2D eigenvalue weighted by molar-refractivity contribution is -0.114. The van der Waals surface area contributed by atoms with Crippen molar-refractivity contribution < 1.29 is 17.9 Å². The Bertz CT molecular complexity index is 502.